The maximum absolute atomic E-state index is 13.6. The number of halogens is 1. The average Bonchev–Trinajstić information content (AvgIpc) is 3.33. The smallest absolute Gasteiger partial charge is 0.421 e. The molecule has 0 atom stereocenters. The summed E-state index contributed by atoms with van der Waals surface area (Å²) < 4.78 is 19.2. The number of ether oxygens (including phenoxy) is 3. The zero-order valence-electron chi connectivity index (χ0n) is 28.5. The number of aromatic nitrogens is 2. The number of nitrogens with zero attached hydrogens (tertiary/aromatic N) is 2. The molecule has 0 radical (unpaired) electrons. The van der Waals surface area contributed by atoms with Gasteiger partial charge in [-0.1, -0.05) is 66.2 Å². The first kappa shape index (κ1) is 34.5. The fourth-order valence-electron chi connectivity index (χ4n) is 5.89. The Kier molecular flexibility index (Phi) is 9.25. The molecule has 1 N–H and O–H groups in total. The van der Waals surface area contributed by atoms with Crippen LogP contribution in [-0.4, -0.2) is 49.6 Å². The molecule has 1 saturated carbocycles. The molecule has 47 heavy (non-hydrogen) atoms. The first-order valence-electron chi connectivity index (χ1n) is 16.1. The van der Waals surface area contributed by atoms with Crippen molar-refractivity contribution in [2.24, 2.45) is 5.41 Å². The predicted octanol–water partition coefficient (Wildman–Crippen LogP) is 9.23. The average molecular weight is 661 g/mol. The topological polar surface area (TPSA) is 99.9 Å². The van der Waals surface area contributed by atoms with Gasteiger partial charge in [-0.05, 0) is 98.3 Å². The van der Waals surface area contributed by atoms with Gasteiger partial charge in [0.25, 0.3) is 0 Å². The molecule has 0 bridgehead atoms. The van der Waals surface area contributed by atoms with Crippen molar-refractivity contribution >= 4 is 34.7 Å². The number of hydrogen-bond donors (Lipinski definition) is 1. The highest BCUT2D eigenvalue weighted by Gasteiger charge is 2.52. The maximum atomic E-state index is 13.6. The van der Waals surface area contributed by atoms with Gasteiger partial charge in [-0.15, -0.1) is 0 Å². The number of carbonyl (C=O) groups excluding carboxylic acids is 2. The van der Waals surface area contributed by atoms with Crippen LogP contribution in [0.25, 0.3) is 33.4 Å². The molecule has 0 spiro atoms. The first-order valence-corrected chi connectivity index (χ1v) is 16.5. The van der Waals surface area contributed by atoms with Crippen LogP contribution in [-0.2, 0) is 14.3 Å². The molecule has 9 heteroatoms. The fourth-order valence-corrected chi connectivity index (χ4v) is 6.15. The standard InChI is InChI=1S/C38H45ClN2O6/c1-35(2,3)46-33(42)37(7,8)38(44)20-18-27(19-21-38)45-31-23-29-30(41(31)34(43)47-36(4,5)6)22-28(39)32(40-29)26-16-14-25(15-17-26)24-12-10-9-11-13-24/h9-17,22-23,27,44H,18-21H2,1-8H3. The lowest BCUT2D eigenvalue weighted by Crippen LogP contribution is -2.54. The van der Waals surface area contributed by atoms with Gasteiger partial charge in [0, 0.05) is 11.6 Å². The second kappa shape index (κ2) is 12.6. The Hall–Kier alpha value is -3.88. The van der Waals surface area contributed by atoms with E-state index in [0.29, 0.717) is 47.4 Å². The lowest BCUT2D eigenvalue weighted by molar-refractivity contribution is -0.188. The van der Waals surface area contributed by atoms with Crippen LogP contribution in [0.1, 0.15) is 81.1 Å². The monoisotopic (exact) mass is 660 g/mol. The Bertz CT molecular complexity index is 1760. The van der Waals surface area contributed by atoms with Crippen molar-refractivity contribution in [3.8, 4) is 28.3 Å². The molecule has 0 amide bonds. The van der Waals surface area contributed by atoms with Gasteiger partial charge in [-0.25, -0.2) is 14.3 Å². The lowest BCUT2D eigenvalue weighted by atomic mass is 9.66. The van der Waals surface area contributed by atoms with Crippen LogP contribution < -0.4 is 4.74 Å². The highest BCUT2D eigenvalue weighted by Crippen LogP contribution is 2.45. The first-order chi connectivity index (χ1) is 21.9. The van der Waals surface area contributed by atoms with E-state index in [0.717, 1.165) is 16.7 Å². The van der Waals surface area contributed by atoms with Gasteiger partial charge in [0.05, 0.1) is 32.8 Å². The molecule has 0 unspecified atom stereocenters. The highest BCUT2D eigenvalue weighted by atomic mass is 35.5. The van der Waals surface area contributed by atoms with Crippen LogP contribution in [0, 0.1) is 5.41 Å². The largest absolute Gasteiger partial charge is 0.475 e. The van der Waals surface area contributed by atoms with E-state index in [1.807, 2.05) is 63.2 Å². The summed E-state index contributed by atoms with van der Waals surface area (Å²) in [6.45, 7) is 14.3. The lowest BCUT2D eigenvalue weighted by Gasteiger charge is -2.45. The maximum Gasteiger partial charge on any atom is 0.421 e. The number of pyridine rings is 1. The summed E-state index contributed by atoms with van der Waals surface area (Å²) in [5.41, 5.74) is 0.784. The number of hydrogen-bond acceptors (Lipinski definition) is 7. The molecular weight excluding hydrogens is 616 g/mol. The number of benzene rings is 2. The molecule has 8 nitrogen and oxygen atoms in total. The Labute approximate surface area is 282 Å². The Morgan fingerprint density at radius 1 is 0.830 bits per heavy atom. The molecule has 250 valence electrons. The molecule has 0 aliphatic heterocycles. The van der Waals surface area contributed by atoms with Gasteiger partial charge >= 0.3 is 12.1 Å². The van der Waals surface area contributed by atoms with Crippen LogP contribution in [0.4, 0.5) is 4.79 Å². The van der Waals surface area contributed by atoms with Gasteiger partial charge in [0.1, 0.15) is 17.3 Å². The summed E-state index contributed by atoms with van der Waals surface area (Å²) in [4.78, 5) is 31.5. The van der Waals surface area contributed by atoms with Crippen molar-refractivity contribution in [2.75, 3.05) is 0 Å². The van der Waals surface area contributed by atoms with Gasteiger partial charge < -0.3 is 19.3 Å². The summed E-state index contributed by atoms with van der Waals surface area (Å²) in [7, 11) is 0. The molecule has 1 fully saturated rings. The van der Waals surface area contributed by atoms with Crippen LogP contribution in [0.15, 0.2) is 66.7 Å². The normalized spacial score (nSPS) is 19.0. The summed E-state index contributed by atoms with van der Waals surface area (Å²) in [6.07, 6.45) is 0.639. The summed E-state index contributed by atoms with van der Waals surface area (Å²) >= 11 is 6.81. The van der Waals surface area contributed by atoms with Crippen molar-refractivity contribution in [1.82, 2.24) is 9.55 Å². The number of fused-ring (bicyclic) bond motifs is 1. The zero-order chi connectivity index (χ0) is 34.4. The summed E-state index contributed by atoms with van der Waals surface area (Å²) in [5.74, 6) is -0.165. The fraction of sp³-hybridized carbons (Fsp3) is 0.447. The molecule has 2 aromatic heterocycles. The number of carbonyl (C=O) groups is 2. The zero-order valence-corrected chi connectivity index (χ0v) is 29.3. The minimum absolute atomic E-state index is 0.274. The molecular formula is C38H45ClN2O6. The third-order valence-electron chi connectivity index (χ3n) is 8.67. The van der Waals surface area contributed by atoms with Crippen molar-refractivity contribution in [1.29, 1.82) is 0 Å². The molecule has 2 aromatic carbocycles. The quantitative estimate of drug-likeness (QED) is 0.206. The number of esters is 1. The minimum Gasteiger partial charge on any atom is -0.475 e. The highest BCUT2D eigenvalue weighted by molar-refractivity contribution is 6.33. The van der Waals surface area contributed by atoms with E-state index in [9.17, 15) is 14.7 Å². The van der Waals surface area contributed by atoms with E-state index in [1.165, 1.54) is 4.57 Å². The van der Waals surface area contributed by atoms with E-state index >= 15 is 0 Å². The Balaban J connectivity index is 1.43. The summed E-state index contributed by atoms with van der Waals surface area (Å²) in [6, 6.07) is 21.6. The van der Waals surface area contributed by atoms with Gasteiger partial charge in [-0.2, -0.15) is 0 Å². The molecule has 1 aliphatic carbocycles. The van der Waals surface area contributed by atoms with Gasteiger partial charge in [0.2, 0.25) is 5.88 Å². The van der Waals surface area contributed by atoms with E-state index < -0.39 is 34.3 Å². The van der Waals surface area contributed by atoms with Crippen LogP contribution >= 0.6 is 11.6 Å². The second-order valence-electron chi connectivity index (χ2n) is 14.9. The predicted molar refractivity (Wildman–Crippen MR) is 185 cm³/mol. The SMILES string of the molecule is CC(C)(C)OC(=O)n1c(OC2CCC(O)(C(C)(C)C(=O)OC(C)(C)C)CC2)cc2nc(-c3ccc(-c4ccccc4)cc3)c(Cl)cc21. The van der Waals surface area contributed by atoms with Crippen molar-refractivity contribution in [3.63, 3.8) is 0 Å². The Morgan fingerprint density at radius 3 is 1.96 bits per heavy atom. The Morgan fingerprint density at radius 2 is 1.38 bits per heavy atom. The van der Waals surface area contributed by atoms with Crippen LogP contribution in [0.5, 0.6) is 5.88 Å². The third kappa shape index (κ3) is 7.49. The molecule has 0 saturated heterocycles. The van der Waals surface area contributed by atoms with E-state index in [2.05, 4.69) is 12.1 Å². The third-order valence-corrected chi connectivity index (χ3v) is 8.96. The van der Waals surface area contributed by atoms with Crippen molar-refractivity contribution in [2.45, 2.75) is 104 Å². The van der Waals surface area contributed by atoms with Crippen molar-refractivity contribution < 1.29 is 28.9 Å². The summed E-state index contributed by atoms with van der Waals surface area (Å²) in [5, 5.41) is 12.0. The molecule has 4 aromatic rings. The molecule has 1 aliphatic rings. The minimum atomic E-state index is -1.27. The number of rotatable bonds is 6. The van der Waals surface area contributed by atoms with E-state index in [4.69, 9.17) is 30.8 Å². The van der Waals surface area contributed by atoms with Gasteiger partial charge in [0.15, 0.2) is 0 Å². The van der Waals surface area contributed by atoms with Crippen molar-refractivity contribution in [3.05, 3.63) is 71.8 Å². The van der Waals surface area contributed by atoms with E-state index in [1.54, 1.807) is 46.8 Å². The van der Waals surface area contributed by atoms with Crippen LogP contribution in [0.3, 0.4) is 0 Å². The van der Waals surface area contributed by atoms with E-state index in [-0.39, 0.29) is 12.0 Å². The molecule has 2 heterocycles. The van der Waals surface area contributed by atoms with Crippen LogP contribution in [0.2, 0.25) is 5.02 Å². The number of aliphatic hydroxyl groups is 1. The second-order valence-corrected chi connectivity index (χ2v) is 15.3. The van der Waals surface area contributed by atoms with Gasteiger partial charge in [-0.3, -0.25) is 4.79 Å². The molecule has 5 rings (SSSR count).